The number of aromatic nitrogens is 2. The molecule has 0 saturated carbocycles. The number of rotatable bonds is 5. The third-order valence-electron chi connectivity index (χ3n) is 5.10. The Morgan fingerprint density at radius 1 is 1.10 bits per heavy atom. The minimum atomic E-state index is -0.982. The van der Waals surface area contributed by atoms with Crippen molar-refractivity contribution in [3.63, 3.8) is 0 Å². The van der Waals surface area contributed by atoms with Crippen molar-refractivity contribution in [3.8, 4) is 0 Å². The molecule has 148 valence electrons. The van der Waals surface area contributed by atoms with Crippen LogP contribution in [0.1, 0.15) is 24.6 Å². The lowest BCUT2D eigenvalue weighted by Gasteiger charge is -2.21. The zero-order valence-corrected chi connectivity index (χ0v) is 17.3. The van der Waals surface area contributed by atoms with Crippen molar-refractivity contribution < 1.29 is 9.59 Å². The summed E-state index contributed by atoms with van der Waals surface area (Å²) < 4.78 is 2.16. The molecule has 29 heavy (non-hydrogen) atoms. The highest BCUT2D eigenvalue weighted by Gasteiger charge is 2.47. The van der Waals surface area contributed by atoms with Crippen molar-refractivity contribution >= 4 is 33.5 Å². The lowest BCUT2D eigenvalue weighted by molar-refractivity contribution is -0.131. The molecular formula is C21H19BrN4O3. The van der Waals surface area contributed by atoms with E-state index in [-0.39, 0.29) is 18.0 Å². The number of fused-ring (bicyclic) bond motifs is 1. The fraction of sp³-hybridized carbons (Fsp3) is 0.238. The summed E-state index contributed by atoms with van der Waals surface area (Å²) in [6.07, 6.45) is 2.78. The first-order valence-corrected chi connectivity index (χ1v) is 10.0. The molecule has 1 N–H and O–H groups in total. The fourth-order valence-electron chi connectivity index (χ4n) is 3.47. The van der Waals surface area contributed by atoms with E-state index in [1.807, 2.05) is 30.3 Å². The lowest BCUT2D eigenvalue weighted by atomic mass is 9.93. The van der Waals surface area contributed by atoms with Crippen molar-refractivity contribution in [2.24, 2.45) is 0 Å². The molecule has 0 spiro atoms. The van der Waals surface area contributed by atoms with Crippen LogP contribution in [0, 0.1) is 0 Å². The van der Waals surface area contributed by atoms with E-state index in [0.29, 0.717) is 24.2 Å². The van der Waals surface area contributed by atoms with Crippen LogP contribution in [0.25, 0.3) is 5.65 Å². The number of halogens is 1. The highest BCUT2D eigenvalue weighted by atomic mass is 79.9. The molecule has 0 unspecified atom stereocenters. The summed E-state index contributed by atoms with van der Waals surface area (Å²) in [5.41, 5.74) is 0.668. The topological polar surface area (TPSA) is 83.8 Å². The summed E-state index contributed by atoms with van der Waals surface area (Å²) in [6.45, 7) is 1.68. The Kier molecular flexibility index (Phi) is 4.96. The number of carbonyl (C=O) groups excluding carboxylic acids is 2. The smallest absolute Gasteiger partial charge is 0.323 e. The lowest BCUT2D eigenvalue weighted by Crippen LogP contribution is -2.44. The third kappa shape index (κ3) is 3.80. The molecule has 1 atom stereocenters. The Bertz CT molecular complexity index is 1160. The van der Waals surface area contributed by atoms with Crippen molar-refractivity contribution in [3.05, 3.63) is 80.8 Å². The first-order chi connectivity index (χ1) is 13.9. The number of hydrogen-bond acceptors (Lipinski definition) is 4. The van der Waals surface area contributed by atoms with E-state index in [4.69, 9.17) is 0 Å². The van der Waals surface area contributed by atoms with E-state index in [1.165, 1.54) is 10.5 Å². The minimum Gasteiger partial charge on any atom is -0.323 e. The molecule has 3 heterocycles. The maximum Gasteiger partial charge on any atom is 0.325 e. The minimum absolute atomic E-state index is 0.0482. The Labute approximate surface area is 175 Å². The van der Waals surface area contributed by atoms with Gasteiger partial charge < -0.3 is 5.32 Å². The van der Waals surface area contributed by atoms with Gasteiger partial charge in [0.15, 0.2) is 0 Å². The summed E-state index contributed by atoms with van der Waals surface area (Å²) in [7, 11) is 0. The molecule has 0 aliphatic carbocycles. The summed E-state index contributed by atoms with van der Waals surface area (Å²) in [5.74, 6) is -0.309. The molecule has 1 saturated heterocycles. The number of benzene rings is 1. The van der Waals surface area contributed by atoms with Crippen LogP contribution < -0.4 is 10.9 Å². The van der Waals surface area contributed by atoms with E-state index < -0.39 is 11.6 Å². The highest BCUT2D eigenvalue weighted by molar-refractivity contribution is 9.10. The van der Waals surface area contributed by atoms with Gasteiger partial charge in [-0.3, -0.25) is 18.9 Å². The van der Waals surface area contributed by atoms with Crippen LogP contribution in [0.2, 0.25) is 0 Å². The average molecular weight is 455 g/mol. The molecule has 7 nitrogen and oxygen atoms in total. The zero-order valence-electron chi connectivity index (χ0n) is 15.8. The van der Waals surface area contributed by atoms with Gasteiger partial charge in [0.25, 0.3) is 11.5 Å². The highest BCUT2D eigenvalue weighted by Crippen LogP contribution is 2.24. The quantitative estimate of drug-likeness (QED) is 0.600. The van der Waals surface area contributed by atoms with E-state index in [0.717, 1.165) is 14.9 Å². The summed E-state index contributed by atoms with van der Waals surface area (Å²) in [5, 5.41) is 2.80. The number of hydrogen-bond donors (Lipinski definition) is 1. The molecular weight excluding hydrogens is 436 g/mol. The van der Waals surface area contributed by atoms with Gasteiger partial charge in [-0.05, 0) is 53.4 Å². The van der Waals surface area contributed by atoms with E-state index in [9.17, 15) is 14.4 Å². The Balaban J connectivity index is 1.54. The molecule has 4 rings (SSSR count). The molecule has 0 radical (unpaired) electrons. The van der Waals surface area contributed by atoms with E-state index >= 15 is 0 Å². The number of carbonyl (C=O) groups is 2. The number of nitrogens with zero attached hydrogens (tertiary/aromatic N) is 3. The Morgan fingerprint density at radius 3 is 2.62 bits per heavy atom. The number of pyridine rings is 1. The largest absolute Gasteiger partial charge is 0.325 e. The number of urea groups is 1. The van der Waals surface area contributed by atoms with Gasteiger partial charge in [0.2, 0.25) is 0 Å². The third-order valence-corrected chi connectivity index (χ3v) is 5.57. The van der Waals surface area contributed by atoms with Gasteiger partial charge in [0, 0.05) is 16.7 Å². The maximum absolute atomic E-state index is 13.0. The van der Waals surface area contributed by atoms with Gasteiger partial charge in [-0.2, -0.15) is 0 Å². The van der Waals surface area contributed by atoms with Crippen LogP contribution in [0.5, 0.6) is 0 Å². The summed E-state index contributed by atoms with van der Waals surface area (Å²) >= 11 is 3.32. The molecule has 3 amide bonds. The first-order valence-electron chi connectivity index (χ1n) is 9.22. The molecule has 1 aliphatic rings. The van der Waals surface area contributed by atoms with Gasteiger partial charge in [-0.25, -0.2) is 9.78 Å². The molecule has 1 aliphatic heterocycles. The Hall–Kier alpha value is -3.00. The maximum atomic E-state index is 13.0. The van der Waals surface area contributed by atoms with Crippen molar-refractivity contribution in [2.45, 2.75) is 31.8 Å². The second kappa shape index (κ2) is 7.44. The van der Waals surface area contributed by atoms with Crippen LogP contribution in [0.4, 0.5) is 4.79 Å². The van der Waals surface area contributed by atoms with Crippen LogP contribution in [-0.4, -0.2) is 31.8 Å². The standard InChI is InChI=1S/C21H19BrN4O3/c1-21(10-9-14-5-3-2-4-6-14)19(28)26(20(29)24-21)13-16-11-18(27)25-12-15(22)7-8-17(25)23-16/h2-8,11-12H,9-10,13H2,1H3,(H,24,29)/t21-/m1/s1. The number of imide groups is 1. The molecule has 0 bridgehead atoms. The fourth-order valence-corrected chi connectivity index (χ4v) is 3.81. The normalized spacial score (nSPS) is 19.0. The molecule has 8 heteroatoms. The van der Waals surface area contributed by atoms with Crippen LogP contribution in [0.15, 0.2) is 64.0 Å². The predicted octanol–water partition coefficient (Wildman–Crippen LogP) is 2.90. The predicted molar refractivity (Wildman–Crippen MR) is 111 cm³/mol. The molecule has 3 aromatic rings. The van der Waals surface area contributed by atoms with Gasteiger partial charge >= 0.3 is 6.03 Å². The summed E-state index contributed by atoms with van der Waals surface area (Å²) in [6, 6.07) is 14.2. The second-order valence-corrected chi connectivity index (χ2v) is 8.22. The van der Waals surface area contributed by atoms with E-state index in [1.54, 1.807) is 25.3 Å². The van der Waals surface area contributed by atoms with Crippen molar-refractivity contribution in [1.29, 1.82) is 0 Å². The molecule has 1 fully saturated rings. The van der Waals surface area contributed by atoms with Crippen LogP contribution >= 0.6 is 15.9 Å². The second-order valence-electron chi connectivity index (χ2n) is 7.30. The molecule has 1 aromatic carbocycles. The van der Waals surface area contributed by atoms with Gasteiger partial charge in [-0.1, -0.05) is 30.3 Å². The first kappa shape index (κ1) is 19.3. The van der Waals surface area contributed by atoms with Crippen LogP contribution in [0.3, 0.4) is 0 Å². The van der Waals surface area contributed by atoms with E-state index in [2.05, 4.69) is 26.2 Å². The van der Waals surface area contributed by atoms with Gasteiger partial charge in [-0.15, -0.1) is 0 Å². The Morgan fingerprint density at radius 2 is 1.86 bits per heavy atom. The SMILES string of the molecule is C[C@]1(CCc2ccccc2)NC(=O)N(Cc2cc(=O)n3cc(Br)ccc3n2)C1=O. The zero-order chi connectivity index (χ0) is 20.6. The van der Waals surface area contributed by atoms with Gasteiger partial charge in [0.1, 0.15) is 11.2 Å². The van der Waals surface area contributed by atoms with Crippen molar-refractivity contribution in [1.82, 2.24) is 19.6 Å². The summed E-state index contributed by atoms with van der Waals surface area (Å²) in [4.78, 5) is 43.4. The number of amides is 3. The average Bonchev–Trinajstić information content (AvgIpc) is 2.91. The number of nitrogens with one attached hydrogen (secondary N) is 1. The van der Waals surface area contributed by atoms with Crippen LogP contribution in [-0.2, 0) is 17.8 Å². The number of aryl methyl sites for hydroxylation is 1. The monoisotopic (exact) mass is 454 g/mol. The van der Waals surface area contributed by atoms with Gasteiger partial charge in [0.05, 0.1) is 12.2 Å². The van der Waals surface area contributed by atoms with Crippen molar-refractivity contribution in [2.75, 3.05) is 0 Å². The molecule has 2 aromatic heterocycles.